The third-order valence-electron chi connectivity index (χ3n) is 3.94. The molecule has 0 saturated carbocycles. The zero-order chi connectivity index (χ0) is 17.0. The van der Waals surface area contributed by atoms with Crippen molar-refractivity contribution in [3.8, 4) is 0 Å². The Morgan fingerprint density at radius 2 is 1.59 bits per heavy atom. The summed E-state index contributed by atoms with van der Waals surface area (Å²) in [5.74, 6) is -0.865. The minimum absolute atomic E-state index is 0.0110. The van der Waals surface area contributed by atoms with Crippen LogP contribution in [0.2, 0.25) is 0 Å². The lowest BCUT2D eigenvalue weighted by Gasteiger charge is -2.34. The van der Waals surface area contributed by atoms with Gasteiger partial charge >= 0.3 is 6.18 Å². The van der Waals surface area contributed by atoms with E-state index in [2.05, 4.69) is 0 Å². The first-order chi connectivity index (χ1) is 10.1. The predicted molar refractivity (Wildman–Crippen MR) is 76.7 cm³/mol. The van der Waals surface area contributed by atoms with E-state index in [1.54, 1.807) is 0 Å². The van der Waals surface area contributed by atoms with Gasteiger partial charge in [-0.15, -0.1) is 0 Å². The molecule has 0 spiro atoms. The van der Waals surface area contributed by atoms with Gasteiger partial charge in [-0.3, -0.25) is 4.79 Å². The molecule has 9 heteroatoms. The number of halogens is 3. The van der Waals surface area contributed by atoms with E-state index in [4.69, 9.17) is 0 Å². The topological polar surface area (TPSA) is 57.7 Å². The Morgan fingerprint density at radius 3 is 2.00 bits per heavy atom. The molecule has 1 saturated heterocycles. The van der Waals surface area contributed by atoms with Crippen LogP contribution in [0, 0.1) is 5.92 Å². The fourth-order valence-corrected chi connectivity index (χ4v) is 4.42. The summed E-state index contributed by atoms with van der Waals surface area (Å²) in [7, 11) is -3.42. The van der Waals surface area contributed by atoms with Gasteiger partial charge in [0.25, 0.3) is 0 Å². The van der Waals surface area contributed by atoms with Crippen molar-refractivity contribution in [2.24, 2.45) is 5.92 Å². The van der Waals surface area contributed by atoms with Crippen LogP contribution in [0.5, 0.6) is 0 Å². The first-order valence-corrected chi connectivity index (χ1v) is 9.02. The van der Waals surface area contributed by atoms with Crippen LogP contribution in [0.15, 0.2) is 0 Å². The van der Waals surface area contributed by atoms with Crippen LogP contribution in [-0.2, 0) is 14.8 Å². The standard InChI is InChI=1S/C13H23F3N2O3S/c1-3-11(4-2)10-22(20,21)18-7-5-17(6-8-18)12(19)9-13(14,15)16/h11H,3-10H2,1-2H3. The van der Waals surface area contributed by atoms with Gasteiger partial charge in [0.05, 0.1) is 5.75 Å². The number of hydrogen-bond donors (Lipinski definition) is 0. The third kappa shape index (κ3) is 5.75. The molecule has 22 heavy (non-hydrogen) atoms. The molecule has 5 nitrogen and oxygen atoms in total. The molecule has 0 bridgehead atoms. The second-order valence-corrected chi connectivity index (χ2v) is 7.55. The fraction of sp³-hybridized carbons (Fsp3) is 0.923. The lowest BCUT2D eigenvalue weighted by Crippen LogP contribution is -2.52. The lowest BCUT2D eigenvalue weighted by molar-refractivity contribution is -0.162. The Hall–Kier alpha value is -0.830. The zero-order valence-corrected chi connectivity index (χ0v) is 13.7. The van der Waals surface area contributed by atoms with Gasteiger partial charge in [-0.25, -0.2) is 8.42 Å². The molecule has 0 aromatic heterocycles. The van der Waals surface area contributed by atoms with Crippen molar-refractivity contribution < 1.29 is 26.4 Å². The second-order valence-electron chi connectivity index (χ2n) is 5.53. The summed E-state index contributed by atoms with van der Waals surface area (Å²) < 4.78 is 62.4. The summed E-state index contributed by atoms with van der Waals surface area (Å²) in [6.45, 7) is 4.00. The molecule has 1 heterocycles. The van der Waals surface area contributed by atoms with Crippen molar-refractivity contribution in [2.75, 3.05) is 31.9 Å². The quantitative estimate of drug-likeness (QED) is 0.739. The van der Waals surface area contributed by atoms with Crippen molar-refractivity contribution in [3.05, 3.63) is 0 Å². The molecule has 1 amide bonds. The molecule has 0 N–H and O–H groups in total. The normalized spacial score (nSPS) is 18.0. The maximum absolute atomic E-state index is 12.3. The summed E-state index contributed by atoms with van der Waals surface area (Å²) in [6, 6.07) is 0. The summed E-state index contributed by atoms with van der Waals surface area (Å²) in [5.41, 5.74) is 0. The molecular weight excluding hydrogens is 321 g/mol. The number of piperazine rings is 1. The highest BCUT2D eigenvalue weighted by Gasteiger charge is 2.36. The number of alkyl halides is 3. The van der Waals surface area contributed by atoms with E-state index in [0.717, 1.165) is 17.7 Å². The highest BCUT2D eigenvalue weighted by molar-refractivity contribution is 7.89. The Bertz CT molecular complexity index is 467. The van der Waals surface area contributed by atoms with Gasteiger partial charge in [-0.2, -0.15) is 17.5 Å². The van der Waals surface area contributed by atoms with Crippen LogP contribution in [-0.4, -0.2) is 61.6 Å². The first-order valence-electron chi connectivity index (χ1n) is 7.41. The van der Waals surface area contributed by atoms with E-state index >= 15 is 0 Å². The van der Waals surface area contributed by atoms with Gasteiger partial charge in [0.2, 0.25) is 15.9 Å². The average Bonchev–Trinajstić information content (AvgIpc) is 2.43. The smallest absolute Gasteiger partial charge is 0.340 e. The molecule has 0 unspecified atom stereocenters. The van der Waals surface area contributed by atoms with Crippen molar-refractivity contribution in [1.29, 1.82) is 0 Å². The zero-order valence-electron chi connectivity index (χ0n) is 12.9. The summed E-state index contributed by atoms with van der Waals surface area (Å²) >= 11 is 0. The van der Waals surface area contributed by atoms with Gasteiger partial charge in [0, 0.05) is 26.2 Å². The van der Waals surface area contributed by atoms with Crippen LogP contribution in [0.1, 0.15) is 33.1 Å². The van der Waals surface area contributed by atoms with E-state index in [9.17, 15) is 26.4 Å². The molecule has 0 aromatic rings. The first kappa shape index (κ1) is 19.2. The van der Waals surface area contributed by atoms with Gasteiger partial charge in [0.1, 0.15) is 6.42 Å². The summed E-state index contributed by atoms with van der Waals surface area (Å²) in [4.78, 5) is 12.6. The second kappa shape index (κ2) is 7.63. The van der Waals surface area contributed by atoms with E-state index < -0.39 is 28.5 Å². The Kier molecular flexibility index (Phi) is 6.66. The molecule has 0 atom stereocenters. The molecule has 130 valence electrons. The SMILES string of the molecule is CCC(CC)CS(=O)(=O)N1CCN(C(=O)CC(F)(F)F)CC1. The van der Waals surface area contributed by atoms with Crippen molar-refractivity contribution in [2.45, 2.75) is 39.3 Å². The number of carbonyl (C=O) groups is 1. The molecule has 0 aromatic carbocycles. The van der Waals surface area contributed by atoms with Crippen LogP contribution in [0.3, 0.4) is 0 Å². The van der Waals surface area contributed by atoms with Gasteiger partial charge in [-0.05, 0) is 5.92 Å². The van der Waals surface area contributed by atoms with E-state index in [1.165, 1.54) is 4.31 Å². The minimum atomic E-state index is -4.53. The van der Waals surface area contributed by atoms with Crippen molar-refractivity contribution >= 4 is 15.9 Å². The molecule has 1 rings (SSSR count). The molecule has 0 radical (unpaired) electrons. The number of rotatable bonds is 6. The van der Waals surface area contributed by atoms with E-state index in [-0.39, 0.29) is 37.8 Å². The third-order valence-corrected chi connectivity index (χ3v) is 5.98. The van der Waals surface area contributed by atoms with E-state index in [0.29, 0.717) is 0 Å². The number of carbonyl (C=O) groups excluding carboxylic acids is 1. The predicted octanol–water partition coefficient (Wildman–Crippen LogP) is 1.85. The summed E-state index contributed by atoms with van der Waals surface area (Å²) in [6.07, 6.45) is -4.50. The number of amides is 1. The Morgan fingerprint density at radius 1 is 1.09 bits per heavy atom. The molecule has 0 aliphatic carbocycles. The molecular formula is C13H23F3N2O3S. The lowest BCUT2D eigenvalue weighted by atomic mass is 10.1. The van der Waals surface area contributed by atoms with Gasteiger partial charge in [0.15, 0.2) is 0 Å². The van der Waals surface area contributed by atoms with E-state index in [1.807, 2.05) is 13.8 Å². The van der Waals surface area contributed by atoms with Crippen molar-refractivity contribution in [3.63, 3.8) is 0 Å². The molecule has 1 aliphatic heterocycles. The highest BCUT2D eigenvalue weighted by atomic mass is 32.2. The Balaban J connectivity index is 2.56. The maximum atomic E-state index is 12.3. The fourth-order valence-electron chi connectivity index (χ4n) is 2.43. The van der Waals surface area contributed by atoms with Crippen molar-refractivity contribution in [1.82, 2.24) is 9.21 Å². The monoisotopic (exact) mass is 344 g/mol. The number of hydrogen-bond acceptors (Lipinski definition) is 3. The summed E-state index contributed by atoms with van der Waals surface area (Å²) in [5, 5.41) is 0. The minimum Gasteiger partial charge on any atom is -0.340 e. The largest absolute Gasteiger partial charge is 0.397 e. The highest BCUT2D eigenvalue weighted by Crippen LogP contribution is 2.22. The van der Waals surface area contributed by atoms with Gasteiger partial charge < -0.3 is 4.90 Å². The van der Waals surface area contributed by atoms with Crippen LogP contribution in [0.4, 0.5) is 13.2 Å². The average molecular weight is 344 g/mol. The Labute approximate surface area is 129 Å². The molecule has 1 fully saturated rings. The number of sulfonamides is 1. The van der Waals surface area contributed by atoms with Crippen LogP contribution < -0.4 is 0 Å². The van der Waals surface area contributed by atoms with Crippen LogP contribution >= 0.6 is 0 Å². The maximum Gasteiger partial charge on any atom is 0.397 e. The van der Waals surface area contributed by atoms with Crippen LogP contribution in [0.25, 0.3) is 0 Å². The molecule has 1 aliphatic rings. The van der Waals surface area contributed by atoms with Gasteiger partial charge in [-0.1, -0.05) is 26.7 Å². The number of nitrogens with zero attached hydrogens (tertiary/aromatic N) is 2.